The van der Waals surface area contributed by atoms with Gasteiger partial charge in [0.25, 0.3) is 0 Å². The molecule has 1 aliphatic rings. The van der Waals surface area contributed by atoms with E-state index < -0.39 is 0 Å². The zero-order valence-corrected chi connectivity index (χ0v) is 11.6. The maximum atomic E-state index is 12.5. The van der Waals surface area contributed by atoms with Gasteiger partial charge in [-0.05, 0) is 31.5 Å². The second-order valence-electron chi connectivity index (χ2n) is 4.86. The van der Waals surface area contributed by atoms with Gasteiger partial charge >= 0.3 is 0 Å². The molecule has 0 aromatic heterocycles. The molecule has 1 saturated heterocycles. The van der Waals surface area contributed by atoms with Crippen molar-refractivity contribution in [2.75, 3.05) is 19.6 Å². The van der Waals surface area contributed by atoms with Crippen molar-refractivity contribution < 1.29 is 4.79 Å². The van der Waals surface area contributed by atoms with Crippen LogP contribution in [-0.4, -0.2) is 36.5 Å². The minimum Gasteiger partial charge on any atom is -0.337 e. The molecular weight excluding hydrogens is 248 g/mol. The Morgan fingerprint density at radius 3 is 3.00 bits per heavy atom. The van der Waals surface area contributed by atoms with E-state index in [4.69, 9.17) is 11.6 Å². The molecular formula is C14H19ClN2O. The number of benzene rings is 1. The molecule has 0 bridgehead atoms. The Hall–Kier alpha value is -1.06. The van der Waals surface area contributed by atoms with Crippen molar-refractivity contribution in [2.24, 2.45) is 0 Å². The highest BCUT2D eigenvalue weighted by molar-refractivity contribution is 6.30. The number of nitrogens with zero attached hydrogens (tertiary/aromatic N) is 1. The maximum absolute atomic E-state index is 12.5. The van der Waals surface area contributed by atoms with Crippen LogP contribution in [0.2, 0.25) is 5.02 Å². The summed E-state index contributed by atoms with van der Waals surface area (Å²) in [5.74, 6) is 0.0514. The van der Waals surface area contributed by atoms with Gasteiger partial charge in [-0.3, -0.25) is 4.79 Å². The fraction of sp³-hybridized carbons (Fsp3) is 0.500. The Morgan fingerprint density at radius 1 is 1.56 bits per heavy atom. The van der Waals surface area contributed by atoms with Crippen LogP contribution in [0.15, 0.2) is 24.3 Å². The maximum Gasteiger partial charge on any atom is 0.230 e. The summed E-state index contributed by atoms with van der Waals surface area (Å²) in [6.45, 7) is 6.55. The summed E-state index contributed by atoms with van der Waals surface area (Å²) in [5.41, 5.74) is 0.984. The molecule has 98 valence electrons. The van der Waals surface area contributed by atoms with Crippen LogP contribution in [0.5, 0.6) is 0 Å². The molecule has 1 heterocycles. The molecule has 1 N–H and O–H groups in total. The minimum atomic E-state index is -0.135. The Kier molecular flexibility index (Phi) is 4.25. The van der Waals surface area contributed by atoms with Crippen LogP contribution >= 0.6 is 11.6 Å². The Bertz CT molecular complexity index is 436. The highest BCUT2D eigenvalue weighted by Crippen LogP contribution is 2.22. The lowest BCUT2D eigenvalue weighted by atomic mass is 9.98. The number of carbonyl (C=O) groups excluding carboxylic acids is 1. The number of hydrogen-bond acceptors (Lipinski definition) is 2. The third-order valence-electron chi connectivity index (χ3n) is 3.50. The average molecular weight is 267 g/mol. The van der Waals surface area contributed by atoms with E-state index in [1.807, 2.05) is 36.1 Å². The monoisotopic (exact) mass is 266 g/mol. The topological polar surface area (TPSA) is 32.3 Å². The first kappa shape index (κ1) is 13.4. The SMILES string of the molecule is CC(C(=O)N1CCNC[C@@H]1C)c1cccc(Cl)c1. The molecule has 0 radical (unpaired) electrons. The third kappa shape index (κ3) is 2.85. The predicted octanol–water partition coefficient (Wildman–Crippen LogP) is 2.26. The van der Waals surface area contributed by atoms with E-state index in [2.05, 4.69) is 12.2 Å². The average Bonchev–Trinajstić information content (AvgIpc) is 2.37. The van der Waals surface area contributed by atoms with Crippen molar-refractivity contribution >= 4 is 17.5 Å². The van der Waals surface area contributed by atoms with Crippen molar-refractivity contribution in [1.29, 1.82) is 0 Å². The number of hydrogen-bond donors (Lipinski definition) is 1. The van der Waals surface area contributed by atoms with Crippen molar-refractivity contribution in [2.45, 2.75) is 25.8 Å². The molecule has 1 fully saturated rings. The van der Waals surface area contributed by atoms with Gasteiger partial charge in [-0.1, -0.05) is 23.7 Å². The van der Waals surface area contributed by atoms with Gasteiger partial charge in [-0.2, -0.15) is 0 Å². The molecule has 1 aromatic carbocycles. The van der Waals surface area contributed by atoms with Gasteiger partial charge in [0.05, 0.1) is 5.92 Å². The van der Waals surface area contributed by atoms with Gasteiger partial charge in [0.2, 0.25) is 5.91 Å². The molecule has 1 aliphatic heterocycles. The van der Waals surface area contributed by atoms with Gasteiger partial charge < -0.3 is 10.2 Å². The van der Waals surface area contributed by atoms with E-state index in [1.165, 1.54) is 0 Å². The predicted molar refractivity (Wildman–Crippen MR) is 73.9 cm³/mol. The number of nitrogens with one attached hydrogen (secondary N) is 1. The van der Waals surface area contributed by atoms with E-state index in [1.54, 1.807) is 0 Å². The zero-order valence-electron chi connectivity index (χ0n) is 10.8. The summed E-state index contributed by atoms with van der Waals surface area (Å²) in [4.78, 5) is 14.4. The van der Waals surface area contributed by atoms with Crippen LogP contribution in [0.1, 0.15) is 25.3 Å². The number of carbonyl (C=O) groups is 1. The third-order valence-corrected chi connectivity index (χ3v) is 3.74. The van der Waals surface area contributed by atoms with Crippen LogP contribution in [0.25, 0.3) is 0 Å². The highest BCUT2D eigenvalue weighted by atomic mass is 35.5. The second-order valence-corrected chi connectivity index (χ2v) is 5.30. The van der Waals surface area contributed by atoms with E-state index in [0.29, 0.717) is 5.02 Å². The summed E-state index contributed by atoms with van der Waals surface area (Å²) < 4.78 is 0. The van der Waals surface area contributed by atoms with Gasteiger partial charge in [0.15, 0.2) is 0 Å². The van der Waals surface area contributed by atoms with Gasteiger partial charge in [-0.25, -0.2) is 0 Å². The lowest BCUT2D eigenvalue weighted by Gasteiger charge is -2.35. The van der Waals surface area contributed by atoms with E-state index in [0.717, 1.165) is 25.2 Å². The highest BCUT2D eigenvalue weighted by Gasteiger charge is 2.27. The fourth-order valence-electron chi connectivity index (χ4n) is 2.34. The first-order valence-electron chi connectivity index (χ1n) is 6.36. The largest absolute Gasteiger partial charge is 0.337 e. The first-order chi connectivity index (χ1) is 8.59. The fourth-order valence-corrected chi connectivity index (χ4v) is 2.53. The number of rotatable bonds is 2. The van der Waals surface area contributed by atoms with E-state index in [-0.39, 0.29) is 17.9 Å². The Morgan fingerprint density at radius 2 is 2.33 bits per heavy atom. The first-order valence-corrected chi connectivity index (χ1v) is 6.74. The minimum absolute atomic E-state index is 0.135. The lowest BCUT2D eigenvalue weighted by Crippen LogP contribution is -2.53. The quantitative estimate of drug-likeness (QED) is 0.891. The molecule has 3 nitrogen and oxygen atoms in total. The molecule has 0 aliphatic carbocycles. The molecule has 1 amide bonds. The van der Waals surface area contributed by atoms with Crippen LogP contribution in [0.3, 0.4) is 0 Å². The van der Waals surface area contributed by atoms with E-state index in [9.17, 15) is 4.79 Å². The Balaban J connectivity index is 2.13. The summed E-state index contributed by atoms with van der Waals surface area (Å²) in [6, 6.07) is 7.81. The number of piperazine rings is 1. The number of halogens is 1. The molecule has 1 aromatic rings. The van der Waals surface area contributed by atoms with Gasteiger partial charge in [0.1, 0.15) is 0 Å². The summed E-state index contributed by atoms with van der Waals surface area (Å²) in [5, 5.41) is 3.97. The molecule has 1 unspecified atom stereocenters. The molecule has 18 heavy (non-hydrogen) atoms. The van der Waals surface area contributed by atoms with E-state index >= 15 is 0 Å². The van der Waals surface area contributed by atoms with Crippen molar-refractivity contribution in [3.8, 4) is 0 Å². The van der Waals surface area contributed by atoms with Crippen molar-refractivity contribution in [1.82, 2.24) is 10.2 Å². The van der Waals surface area contributed by atoms with Crippen LogP contribution in [0.4, 0.5) is 0 Å². The molecule has 2 atom stereocenters. The van der Waals surface area contributed by atoms with Crippen molar-refractivity contribution in [3.05, 3.63) is 34.9 Å². The van der Waals surface area contributed by atoms with Crippen LogP contribution in [0, 0.1) is 0 Å². The second kappa shape index (κ2) is 5.72. The molecule has 0 saturated carbocycles. The Labute approximate surface area is 113 Å². The lowest BCUT2D eigenvalue weighted by molar-refractivity contribution is -0.135. The standard InChI is InChI=1S/C14H19ClN2O/c1-10-9-16-6-7-17(10)14(18)11(2)12-4-3-5-13(15)8-12/h3-5,8,10-11,16H,6-7,9H2,1-2H3/t10-,11?/m0/s1. The number of amides is 1. The zero-order chi connectivity index (χ0) is 13.1. The molecule has 2 rings (SSSR count). The van der Waals surface area contributed by atoms with Gasteiger partial charge in [-0.15, -0.1) is 0 Å². The van der Waals surface area contributed by atoms with Crippen LogP contribution in [-0.2, 0) is 4.79 Å². The normalized spacial score (nSPS) is 21.7. The summed E-state index contributed by atoms with van der Waals surface area (Å²) in [7, 11) is 0. The van der Waals surface area contributed by atoms with Crippen molar-refractivity contribution in [3.63, 3.8) is 0 Å². The summed E-state index contributed by atoms with van der Waals surface area (Å²) >= 11 is 5.97. The smallest absolute Gasteiger partial charge is 0.230 e. The molecule has 0 spiro atoms. The van der Waals surface area contributed by atoms with Crippen LogP contribution < -0.4 is 5.32 Å². The summed E-state index contributed by atoms with van der Waals surface area (Å²) in [6.07, 6.45) is 0. The molecule has 4 heteroatoms. The van der Waals surface area contributed by atoms with Gasteiger partial charge in [0, 0.05) is 30.7 Å².